The second-order valence-corrected chi connectivity index (χ2v) is 4.15. The van der Waals surface area contributed by atoms with Gasteiger partial charge in [-0.05, 0) is 47.6 Å². The monoisotopic (exact) mass is 302 g/mol. The van der Waals surface area contributed by atoms with Crippen molar-refractivity contribution in [3.8, 4) is 0 Å². The second-order valence-electron chi connectivity index (χ2n) is 2.99. The fourth-order valence-corrected chi connectivity index (χ4v) is 1.62. The number of allylic oxidation sites excluding steroid dienone is 1. The molecule has 0 amide bonds. The van der Waals surface area contributed by atoms with Gasteiger partial charge in [0.1, 0.15) is 0 Å². The van der Waals surface area contributed by atoms with Gasteiger partial charge in [-0.15, -0.1) is 0 Å². The van der Waals surface area contributed by atoms with Crippen molar-refractivity contribution in [2.45, 2.75) is 13.3 Å². The van der Waals surface area contributed by atoms with E-state index in [1.165, 1.54) is 3.57 Å². The first-order valence-electron chi connectivity index (χ1n) is 4.24. The number of halogens is 1. The van der Waals surface area contributed by atoms with Crippen LogP contribution in [0.25, 0.3) is 0 Å². The summed E-state index contributed by atoms with van der Waals surface area (Å²) >= 11 is 2.25. The highest BCUT2D eigenvalue weighted by atomic mass is 127. The normalized spacial score (nSPS) is 11.4. The summed E-state index contributed by atoms with van der Waals surface area (Å²) in [7, 11) is 0. The molecule has 0 heterocycles. The Hall–Kier alpha value is -0.840. The van der Waals surface area contributed by atoms with E-state index in [2.05, 4.69) is 22.6 Å². The molecule has 1 aromatic rings. The summed E-state index contributed by atoms with van der Waals surface area (Å²) in [5, 5.41) is 8.66. The standard InChI is InChI=1S/C11H11IO2/c1-8(11(13)14)6-7-9-4-2-3-5-10(9)12/h2-6H,7H2,1H3,(H,13,14)/b8-6+. The smallest absolute Gasteiger partial charge is 0.330 e. The highest BCUT2D eigenvalue weighted by Gasteiger charge is 2.00. The maximum Gasteiger partial charge on any atom is 0.330 e. The summed E-state index contributed by atoms with van der Waals surface area (Å²) in [6.07, 6.45) is 2.41. The molecule has 74 valence electrons. The lowest BCUT2D eigenvalue weighted by Gasteiger charge is -2.00. The molecular weight excluding hydrogens is 291 g/mol. The van der Waals surface area contributed by atoms with Gasteiger partial charge in [0, 0.05) is 9.14 Å². The van der Waals surface area contributed by atoms with E-state index < -0.39 is 5.97 Å². The van der Waals surface area contributed by atoms with Crippen LogP contribution in [0, 0.1) is 3.57 Å². The number of carboxylic acids is 1. The van der Waals surface area contributed by atoms with Crippen LogP contribution < -0.4 is 0 Å². The maximum atomic E-state index is 10.5. The van der Waals surface area contributed by atoms with Gasteiger partial charge in [0.05, 0.1) is 0 Å². The Morgan fingerprint density at radius 1 is 1.50 bits per heavy atom. The molecule has 1 aromatic carbocycles. The molecule has 0 atom stereocenters. The highest BCUT2D eigenvalue weighted by Crippen LogP contribution is 2.13. The van der Waals surface area contributed by atoms with Gasteiger partial charge in [-0.1, -0.05) is 24.3 Å². The van der Waals surface area contributed by atoms with Crippen LogP contribution in [0.15, 0.2) is 35.9 Å². The van der Waals surface area contributed by atoms with Crippen LogP contribution in [-0.2, 0) is 11.2 Å². The summed E-state index contributed by atoms with van der Waals surface area (Å²) in [5.74, 6) is -0.851. The summed E-state index contributed by atoms with van der Waals surface area (Å²) in [6, 6.07) is 7.95. The van der Waals surface area contributed by atoms with E-state index in [4.69, 9.17) is 5.11 Å². The van der Waals surface area contributed by atoms with Gasteiger partial charge in [0.15, 0.2) is 0 Å². The Kier molecular flexibility index (Phi) is 4.13. The SMILES string of the molecule is C/C(=C\Cc1ccccc1I)C(=O)O. The lowest BCUT2D eigenvalue weighted by molar-refractivity contribution is -0.132. The Balaban J connectivity index is 2.76. The minimum absolute atomic E-state index is 0.393. The van der Waals surface area contributed by atoms with Crippen LogP contribution in [-0.4, -0.2) is 11.1 Å². The van der Waals surface area contributed by atoms with Crippen molar-refractivity contribution in [1.82, 2.24) is 0 Å². The van der Waals surface area contributed by atoms with Crippen LogP contribution in [0.5, 0.6) is 0 Å². The molecular formula is C11H11IO2. The van der Waals surface area contributed by atoms with Crippen molar-refractivity contribution >= 4 is 28.6 Å². The second kappa shape index (κ2) is 5.14. The van der Waals surface area contributed by atoms with Crippen LogP contribution in [0.1, 0.15) is 12.5 Å². The van der Waals surface area contributed by atoms with Gasteiger partial charge in [-0.3, -0.25) is 0 Å². The zero-order valence-electron chi connectivity index (χ0n) is 7.83. The third kappa shape index (κ3) is 3.14. The van der Waals surface area contributed by atoms with Gasteiger partial charge in [0.2, 0.25) is 0 Å². The molecule has 0 radical (unpaired) electrons. The zero-order valence-corrected chi connectivity index (χ0v) is 9.98. The quantitative estimate of drug-likeness (QED) is 0.688. The minimum Gasteiger partial charge on any atom is -0.478 e. The summed E-state index contributed by atoms with van der Waals surface area (Å²) in [6.45, 7) is 1.61. The molecule has 1 rings (SSSR count). The molecule has 1 N–H and O–H groups in total. The first-order chi connectivity index (χ1) is 6.61. The molecule has 0 fully saturated rings. The largest absolute Gasteiger partial charge is 0.478 e. The van der Waals surface area contributed by atoms with Gasteiger partial charge in [-0.2, -0.15) is 0 Å². The molecule has 0 spiro atoms. The molecule has 3 heteroatoms. The highest BCUT2D eigenvalue weighted by molar-refractivity contribution is 14.1. The first kappa shape index (κ1) is 11.2. The number of benzene rings is 1. The topological polar surface area (TPSA) is 37.3 Å². The number of carbonyl (C=O) groups is 1. The van der Waals surface area contributed by atoms with Crippen LogP contribution >= 0.6 is 22.6 Å². The van der Waals surface area contributed by atoms with Gasteiger partial charge < -0.3 is 5.11 Å². The van der Waals surface area contributed by atoms with E-state index in [1.807, 2.05) is 24.3 Å². The van der Waals surface area contributed by atoms with E-state index in [-0.39, 0.29) is 0 Å². The van der Waals surface area contributed by atoms with Crippen LogP contribution in [0.2, 0.25) is 0 Å². The summed E-state index contributed by atoms with van der Waals surface area (Å²) in [4.78, 5) is 10.5. The number of carboxylic acid groups (broad SMARTS) is 1. The molecule has 14 heavy (non-hydrogen) atoms. The molecule has 0 aliphatic carbocycles. The van der Waals surface area contributed by atoms with Gasteiger partial charge in [0.25, 0.3) is 0 Å². The summed E-state index contributed by atoms with van der Waals surface area (Å²) < 4.78 is 1.17. The number of hydrogen-bond donors (Lipinski definition) is 1. The van der Waals surface area contributed by atoms with E-state index >= 15 is 0 Å². The van der Waals surface area contributed by atoms with E-state index in [0.717, 1.165) is 5.56 Å². The Morgan fingerprint density at radius 2 is 2.14 bits per heavy atom. The lowest BCUT2D eigenvalue weighted by Crippen LogP contribution is -1.97. The number of aliphatic carboxylic acids is 1. The molecule has 0 saturated heterocycles. The molecule has 0 aliphatic heterocycles. The molecule has 0 aromatic heterocycles. The predicted octanol–water partition coefficient (Wildman–Crippen LogP) is 2.86. The minimum atomic E-state index is -0.851. The molecule has 0 saturated carbocycles. The average molecular weight is 302 g/mol. The van der Waals surface area contributed by atoms with E-state index in [9.17, 15) is 4.79 Å². The van der Waals surface area contributed by atoms with E-state index in [0.29, 0.717) is 12.0 Å². The number of hydrogen-bond acceptors (Lipinski definition) is 1. The van der Waals surface area contributed by atoms with Crippen molar-refractivity contribution in [1.29, 1.82) is 0 Å². The Bertz CT molecular complexity index is 369. The van der Waals surface area contributed by atoms with Gasteiger partial charge in [-0.25, -0.2) is 4.79 Å². The van der Waals surface area contributed by atoms with Crippen LogP contribution in [0.3, 0.4) is 0 Å². The Labute approximate surface area is 96.8 Å². The van der Waals surface area contributed by atoms with Crippen molar-refractivity contribution in [3.63, 3.8) is 0 Å². The Morgan fingerprint density at radius 3 is 2.71 bits per heavy atom. The first-order valence-corrected chi connectivity index (χ1v) is 5.32. The lowest BCUT2D eigenvalue weighted by atomic mass is 10.1. The fraction of sp³-hybridized carbons (Fsp3) is 0.182. The fourth-order valence-electron chi connectivity index (χ4n) is 1.01. The third-order valence-electron chi connectivity index (χ3n) is 1.92. The molecule has 0 bridgehead atoms. The van der Waals surface area contributed by atoms with E-state index in [1.54, 1.807) is 13.0 Å². The summed E-state index contributed by atoms with van der Waals surface area (Å²) in [5.41, 5.74) is 1.55. The van der Waals surface area contributed by atoms with Crippen molar-refractivity contribution in [2.24, 2.45) is 0 Å². The maximum absolute atomic E-state index is 10.5. The van der Waals surface area contributed by atoms with Crippen LogP contribution in [0.4, 0.5) is 0 Å². The van der Waals surface area contributed by atoms with Gasteiger partial charge >= 0.3 is 5.97 Å². The third-order valence-corrected chi connectivity index (χ3v) is 2.98. The zero-order chi connectivity index (χ0) is 10.6. The average Bonchev–Trinajstić information content (AvgIpc) is 2.16. The van der Waals surface area contributed by atoms with Crippen molar-refractivity contribution in [2.75, 3.05) is 0 Å². The molecule has 2 nitrogen and oxygen atoms in total. The van der Waals surface area contributed by atoms with Crippen molar-refractivity contribution in [3.05, 3.63) is 45.0 Å². The predicted molar refractivity (Wildman–Crippen MR) is 64.3 cm³/mol. The number of rotatable bonds is 3. The van der Waals surface area contributed by atoms with Crippen molar-refractivity contribution < 1.29 is 9.90 Å². The molecule has 0 aliphatic rings. The molecule has 0 unspecified atom stereocenters.